The molecule has 4 rings (SSSR count). The lowest BCUT2D eigenvalue weighted by Gasteiger charge is -2.40. The molecule has 2 nitrogen and oxygen atoms in total. The molecule has 0 saturated carbocycles. The van der Waals surface area contributed by atoms with Gasteiger partial charge in [-0.25, -0.2) is 0 Å². The topological polar surface area (TPSA) is 29.5 Å². The maximum Gasteiger partial charge on any atom is 0.119 e. The first-order chi connectivity index (χ1) is 13.9. The minimum atomic E-state index is -0.281. The molecule has 150 valence electrons. The van der Waals surface area contributed by atoms with E-state index in [2.05, 4.69) is 88.4 Å². The highest BCUT2D eigenvalue weighted by Gasteiger charge is 2.55. The summed E-state index contributed by atoms with van der Waals surface area (Å²) in [6.45, 7) is 9.89. The van der Waals surface area contributed by atoms with Gasteiger partial charge in [0.1, 0.15) is 11.5 Å². The Labute approximate surface area is 174 Å². The van der Waals surface area contributed by atoms with Crippen molar-refractivity contribution >= 4 is 0 Å². The average Bonchev–Trinajstić information content (AvgIpc) is 2.92. The van der Waals surface area contributed by atoms with Gasteiger partial charge >= 0.3 is 0 Å². The van der Waals surface area contributed by atoms with Crippen molar-refractivity contribution in [3.05, 3.63) is 95.1 Å². The van der Waals surface area contributed by atoms with Crippen LogP contribution in [0, 0.1) is 5.92 Å². The molecule has 0 aromatic heterocycles. The van der Waals surface area contributed by atoms with Crippen molar-refractivity contribution in [2.45, 2.75) is 44.9 Å². The van der Waals surface area contributed by atoms with Gasteiger partial charge in [0.15, 0.2) is 0 Å². The molecule has 3 aromatic carbocycles. The highest BCUT2D eigenvalue weighted by Crippen LogP contribution is 2.59. The summed E-state index contributed by atoms with van der Waals surface area (Å²) in [7, 11) is 0. The van der Waals surface area contributed by atoms with Gasteiger partial charge in [0.25, 0.3) is 0 Å². The van der Waals surface area contributed by atoms with E-state index in [0.717, 1.165) is 18.8 Å². The molecule has 1 aliphatic carbocycles. The zero-order valence-corrected chi connectivity index (χ0v) is 17.8. The molecule has 0 radical (unpaired) electrons. The minimum absolute atomic E-state index is 0.0197. The number of benzene rings is 3. The summed E-state index contributed by atoms with van der Waals surface area (Å²) < 4.78 is 5.83. The number of hydrogen-bond acceptors (Lipinski definition) is 2. The van der Waals surface area contributed by atoms with Crippen molar-refractivity contribution in [1.82, 2.24) is 0 Å². The van der Waals surface area contributed by atoms with Crippen molar-refractivity contribution in [3.63, 3.8) is 0 Å². The van der Waals surface area contributed by atoms with Gasteiger partial charge in [-0.15, -0.1) is 0 Å². The predicted octanol–water partition coefficient (Wildman–Crippen LogP) is 6.44. The third-order valence-corrected chi connectivity index (χ3v) is 6.88. The quantitative estimate of drug-likeness (QED) is 0.546. The van der Waals surface area contributed by atoms with Crippen LogP contribution < -0.4 is 4.74 Å². The van der Waals surface area contributed by atoms with Crippen LogP contribution in [-0.2, 0) is 10.8 Å². The summed E-state index contributed by atoms with van der Waals surface area (Å²) in [5, 5.41) is 9.92. The standard InChI is InChI=1S/C27H30O2/c1-5-18-29-23-16-12-21(13-17-23)27(20-10-14-22(28)15-11-20)19(2)26(3,4)24-8-6-7-9-25(24)27/h6-17,19,28H,5,18H2,1-4H3. The summed E-state index contributed by atoms with van der Waals surface area (Å²) in [6, 6.07) is 25.2. The number of ether oxygens (including phenoxy) is 1. The second kappa shape index (κ2) is 7.26. The first-order valence-electron chi connectivity index (χ1n) is 10.5. The number of aromatic hydroxyl groups is 1. The van der Waals surface area contributed by atoms with E-state index in [4.69, 9.17) is 4.74 Å². The zero-order chi connectivity index (χ0) is 20.6. The van der Waals surface area contributed by atoms with Crippen molar-refractivity contribution in [1.29, 1.82) is 0 Å². The molecule has 2 unspecified atom stereocenters. The molecule has 0 spiro atoms. The van der Waals surface area contributed by atoms with Gasteiger partial charge < -0.3 is 9.84 Å². The Kier molecular flexibility index (Phi) is 4.90. The zero-order valence-electron chi connectivity index (χ0n) is 17.8. The number of phenols is 1. The molecule has 0 amide bonds. The molecule has 0 aliphatic heterocycles. The minimum Gasteiger partial charge on any atom is -0.508 e. The largest absolute Gasteiger partial charge is 0.508 e. The summed E-state index contributed by atoms with van der Waals surface area (Å²) in [5.74, 6) is 1.54. The summed E-state index contributed by atoms with van der Waals surface area (Å²) in [5.41, 5.74) is 4.96. The summed E-state index contributed by atoms with van der Waals surface area (Å²) in [4.78, 5) is 0. The van der Waals surface area contributed by atoms with Crippen LogP contribution in [0.5, 0.6) is 11.5 Å². The molecule has 1 N–H and O–H groups in total. The highest BCUT2D eigenvalue weighted by molar-refractivity contribution is 5.61. The number of fused-ring (bicyclic) bond motifs is 1. The van der Waals surface area contributed by atoms with Gasteiger partial charge in [-0.2, -0.15) is 0 Å². The second-order valence-corrected chi connectivity index (χ2v) is 8.72. The fourth-order valence-electron chi connectivity index (χ4n) is 5.13. The van der Waals surface area contributed by atoms with E-state index in [1.54, 1.807) is 12.1 Å². The maximum absolute atomic E-state index is 9.92. The van der Waals surface area contributed by atoms with Crippen LogP contribution in [-0.4, -0.2) is 11.7 Å². The van der Waals surface area contributed by atoms with Crippen LogP contribution in [0.3, 0.4) is 0 Å². The lowest BCUT2D eigenvalue weighted by atomic mass is 9.62. The Balaban J connectivity index is 1.96. The smallest absolute Gasteiger partial charge is 0.119 e. The van der Waals surface area contributed by atoms with Gasteiger partial charge in [0.2, 0.25) is 0 Å². The average molecular weight is 387 g/mol. The van der Waals surface area contributed by atoms with E-state index in [0.29, 0.717) is 11.7 Å². The van der Waals surface area contributed by atoms with E-state index in [1.807, 2.05) is 0 Å². The number of hydrogen-bond donors (Lipinski definition) is 1. The van der Waals surface area contributed by atoms with Crippen molar-refractivity contribution in [2.75, 3.05) is 6.61 Å². The highest BCUT2D eigenvalue weighted by atomic mass is 16.5. The van der Waals surface area contributed by atoms with E-state index in [-0.39, 0.29) is 10.8 Å². The Morgan fingerprint density at radius 3 is 1.97 bits per heavy atom. The lowest BCUT2D eigenvalue weighted by Crippen LogP contribution is -2.38. The van der Waals surface area contributed by atoms with Crippen molar-refractivity contribution in [3.8, 4) is 11.5 Å². The molecule has 2 heteroatoms. The molecule has 3 aromatic rings. The fraction of sp³-hybridized carbons (Fsp3) is 0.333. The number of rotatable bonds is 5. The Bertz CT molecular complexity index is 986. The predicted molar refractivity (Wildman–Crippen MR) is 119 cm³/mol. The second-order valence-electron chi connectivity index (χ2n) is 8.72. The molecule has 1 aliphatic rings. The molecule has 2 atom stereocenters. The molecule has 0 heterocycles. The Morgan fingerprint density at radius 1 is 0.828 bits per heavy atom. The Morgan fingerprint density at radius 2 is 1.38 bits per heavy atom. The van der Waals surface area contributed by atoms with E-state index < -0.39 is 0 Å². The van der Waals surface area contributed by atoms with Gasteiger partial charge in [0, 0.05) is 5.41 Å². The van der Waals surface area contributed by atoms with Crippen LogP contribution in [0.25, 0.3) is 0 Å². The summed E-state index contributed by atoms with van der Waals surface area (Å²) in [6.07, 6.45) is 0.998. The third kappa shape index (κ3) is 2.93. The molecular weight excluding hydrogens is 356 g/mol. The van der Waals surface area contributed by atoms with Crippen LogP contribution in [0.4, 0.5) is 0 Å². The van der Waals surface area contributed by atoms with Crippen LogP contribution >= 0.6 is 0 Å². The molecule has 0 fully saturated rings. The normalized spacial score (nSPS) is 22.3. The van der Waals surface area contributed by atoms with Gasteiger partial charge in [-0.1, -0.05) is 76.2 Å². The van der Waals surface area contributed by atoms with Gasteiger partial charge in [-0.05, 0) is 64.3 Å². The third-order valence-electron chi connectivity index (χ3n) is 6.88. The monoisotopic (exact) mass is 386 g/mol. The van der Waals surface area contributed by atoms with Crippen molar-refractivity contribution < 1.29 is 9.84 Å². The molecule has 0 saturated heterocycles. The maximum atomic E-state index is 9.92. The van der Waals surface area contributed by atoms with Gasteiger partial charge in [-0.3, -0.25) is 0 Å². The van der Waals surface area contributed by atoms with E-state index in [1.165, 1.54) is 22.3 Å². The van der Waals surface area contributed by atoms with Crippen LogP contribution in [0.2, 0.25) is 0 Å². The van der Waals surface area contributed by atoms with E-state index >= 15 is 0 Å². The van der Waals surface area contributed by atoms with Crippen molar-refractivity contribution in [2.24, 2.45) is 5.92 Å². The molecule has 29 heavy (non-hydrogen) atoms. The SMILES string of the molecule is CCCOc1ccc(C2(c3ccc(O)cc3)c3ccccc3C(C)(C)C2C)cc1. The summed E-state index contributed by atoms with van der Waals surface area (Å²) >= 11 is 0. The van der Waals surface area contributed by atoms with Crippen LogP contribution in [0.15, 0.2) is 72.8 Å². The molecular formula is C27H30O2. The fourth-order valence-corrected chi connectivity index (χ4v) is 5.13. The molecule has 0 bridgehead atoms. The first kappa shape index (κ1) is 19.6. The van der Waals surface area contributed by atoms with Crippen LogP contribution in [0.1, 0.15) is 56.4 Å². The van der Waals surface area contributed by atoms with Gasteiger partial charge in [0.05, 0.1) is 6.61 Å². The number of phenolic OH excluding ortho intramolecular Hbond substituents is 1. The first-order valence-corrected chi connectivity index (χ1v) is 10.5. The lowest BCUT2D eigenvalue weighted by molar-refractivity contribution is 0.297. The Hall–Kier alpha value is -2.74. The van der Waals surface area contributed by atoms with E-state index in [9.17, 15) is 5.11 Å².